The third kappa shape index (κ3) is 4.23. The minimum absolute atomic E-state index is 0.177. The summed E-state index contributed by atoms with van der Waals surface area (Å²) in [5.74, 6) is 0.895. The van der Waals surface area contributed by atoms with Crippen LogP contribution in [0.15, 0.2) is 23.0 Å². The molecular formula is C15H19N5O2. The largest absolute Gasteiger partial charge is 0.355 e. The highest BCUT2D eigenvalue weighted by Crippen LogP contribution is 2.09. The Bertz CT molecular complexity index is 665. The average molecular weight is 301 g/mol. The lowest BCUT2D eigenvalue weighted by Crippen LogP contribution is -2.24. The maximum absolute atomic E-state index is 11.6. The molecule has 1 amide bonds. The van der Waals surface area contributed by atoms with Gasteiger partial charge in [0.1, 0.15) is 0 Å². The van der Waals surface area contributed by atoms with Crippen LogP contribution in [0.2, 0.25) is 0 Å². The number of carbonyl (C=O) groups excluding carboxylic acids is 1. The number of amides is 1. The quantitative estimate of drug-likeness (QED) is 0.831. The third-order valence-corrected chi connectivity index (χ3v) is 3.13. The number of hydrogen-bond acceptors (Lipinski definition) is 6. The van der Waals surface area contributed by atoms with Crippen molar-refractivity contribution in [3.05, 3.63) is 41.3 Å². The minimum Gasteiger partial charge on any atom is -0.355 e. The zero-order valence-corrected chi connectivity index (χ0v) is 12.8. The summed E-state index contributed by atoms with van der Waals surface area (Å²) >= 11 is 0. The first-order valence-corrected chi connectivity index (χ1v) is 6.97. The fraction of sp³-hybridized carbons (Fsp3) is 0.333. The van der Waals surface area contributed by atoms with Gasteiger partial charge in [0.15, 0.2) is 5.82 Å². The summed E-state index contributed by atoms with van der Waals surface area (Å²) in [6.45, 7) is 2.04. The molecule has 0 aromatic carbocycles. The summed E-state index contributed by atoms with van der Waals surface area (Å²) in [6.07, 6.45) is 7.34. The molecule has 7 heteroatoms. The van der Waals surface area contributed by atoms with Gasteiger partial charge in [-0.15, -0.1) is 0 Å². The van der Waals surface area contributed by atoms with Crippen molar-refractivity contribution in [2.75, 3.05) is 14.1 Å². The summed E-state index contributed by atoms with van der Waals surface area (Å²) < 4.78 is 5.16. The van der Waals surface area contributed by atoms with Gasteiger partial charge in [-0.25, -0.2) is 0 Å². The highest BCUT2D eigenvalue weighted by atomic mass is 16.5. The van der Waals surface area contributed by atoms with Crippen molar-refractivity contribution in [2.45, 2.75) is 19.4 Å². The van der Waals surface area contributed by atoms with E-state index in [-0.39, 0.29) is 11.9 Å². The van der Waals surface area contributed by atoms with Crippen LogP contribution in [0.3, 0.4) is 0 Å². The Hall–Kier alpha value is -2.54. The molecule has 0 aliphatic carbocycles. The van der Waals surface area contributed by atoms with Crippen LogP contribution in [0.1, 0.15) is 34.6 Å². The van der Waals surface area contributed by atoms with E-state index in [1.54, 1.807) is 31.5 Å². The van der Waals surface area contributed by atoms with E-state index >= 15 is 0 Å². The molecule has 0 radical (unpaired) electrons. The molecule has 0 saturated heterocycles. The molecule has 0 bridgehead atoms. The van der Waals surface area contributed by atoms with E-state index in [1.165, 1.54) is 6.20 Å². The normalized spacial score (nSPS) is 12.5. The monoisotopic (exact) mass is 301 g/mol. The summed E-state index contributed by atoms with van der Waals surface area (Å²) in [4.78, 5) is 19.9. The van der Waals surface area contributed by atoms with Gasteiger partial charge < -0.3 is 15.2 Å². The van der Waals surface area contributed by atoms with Crippen LogP contribution < -0.4 is 10.6 Å². The number of hydrogen-bond donors (Lipinski definition) is 2. The van der Waals surface area contributed by atoms with Gasteiger partial charge in [-0.05, 0) is 31.7 Å². The van der Waals surface area contributed by atoms with Gasteiger partial charge >= 0.3 is 0 Å². The van der Waals surface area contributed by atoms with Crippen LogP contribution in [0, 0.1) is 0 Å². The Labute approximate surface area is 128 Å². The number of aromatic nitrogens is 3. The van der Waals surface area contributed by atoms with Crippen molar-refractivity contribution < 1.29 is 9.32 Å². The fourth-order valence-corrected chi connectivity index (χ4v) is 1.78. The smallest absolute Gasteiger partial charge is 0.252 e. The topological polar surface area (TPSA) is 92.9 Å². The summed E-state index contributed by atoms with van der Waals surface area (Å²) in [7, 11) is 3.47. The molecule has 1 atom stereocenters. The van der Waals surface area contributed by atoms with E-state index in [1.807, 2.05) is 14.0 Å². The third-order valence-electron chi connectivity index (χ3n) is 3.13. The lowest BCUT2D eigenvalue weighted by atomic mass is 10.2. The van der Waals surface area contributed by atoms with Gasteiger partial charge in [0.05, 0.1) is 5.56 Å². The molecule has 116 valence electrons. The molecule has 7 nitrogen and oxygen atoms in total. The van der Waals surface area contributed by atoms with Crippen LogP contribution in [0.5, 0.6) is 0 Å². The predicted molar refractivity (Wildman–Crippen MR) is 83.1 cm³/mol. The molecule has 1 unspecified atom stereocenters. The van der Waals surface area contributed by atoms with E-state index in [0.717, 1.165) is 5.56 Å². The Kier molecular flexibility index (Phi) is 5.37. The number of carbonyl (C=O) groups is 1. The van der Waals surface area contributed by atoms with Crippen molar-refractivity contribution in [2.24, 2.45) is 0 Å². The summed E-state index contributed by atoms with van der Waals surface area (Å²) in [5.41, 5.74) is 1.28. The molecule has 0 saturated carbocycles. The molecule has 2 rings (SSSR count). The molecule has 2 heterocycles. The maximum Gasteiger partial charge on any atom is 0.252 e. The van der Waals surface area contributed by atoms with Crippen molar-refractivity contribution in [3.8, 4) is 0 Å². The average Bonchev–Trinajstić information content (AvgIpc) is 2.99. The molecule has 2 N–H and O–H groups in total. The maximum atomic E-state index is 11.6. The standard InChI is InChI=1S/C15H19N5O2/c1-10(16-2)6-13-19-14(22-20-13)5-4-11-7-12(9-18-8-11)15(21)17-3/h4-5,7-10,16H,6H2,1-3H3,(H,17,21)/b5-4+. The molecular weight excluding hydrogens is 282 g/mol. The van der Waals surface area contributed by atoms with Crippen LogP contribution in [-0.4, -0.2) is 41.2 Å². The zero-order chi connectivity index (χ0) is 15.9. The van der Waals surface area contributed by atoms with Gasteiger partial charge in [-0.1, -0.05) is 5.16 Å². The second kappa shape index (κ2) is 7.46. The zero-order valence-electron chi connectivity index (χ0n) is 12.8. The van der Waals surface area contributed by atoms with Crippen LogP contribution in [0.25, 0.3) is 12.2 Å². The molecule has 0 fully saturated rings. The van der Waals surface area contributed by atoms with E-state index in [9.17, 15) is 4.79 Å². The van der Waals surface area contributed by atoms with Gasteiger partial charge in [0.25, 0.3) is 11.8 Å². The molecule has 0 spiro atoms. The van der Waals surface area contributed by atoms with Crippen molar-refractivity contribution in [1.29, 1.82) is 0 Å². The Morgan fingerprint density at radius 3 is 2.91 bits per heavy atom. The second-order valence-electron chi connectivity index (χ2n) is 4.86. The minimum atomic E-state index is -0.177. The van der Waals surface area contributed by atoms with E-state index in [4.69, 9.17) is 4.52 Å². The lowest BCUT2D eigenvalue weighted by molar-refractivity contribution is 0.0962. The van der Waals surface area contributed by atoms with Crippen LogP contribution >= 0.6 is 0 Å². The number of likely N-dealkylation sites (N-methyl/N-ethyl adjacent to an activating group) is 1. The predicted octanol–water partition coefficient (Wildman–Crippen LogP) is 1.14. The first kappa shape index (κ1) is 15.8. The first-order chi connectivity index (χ1) is 10.6. The Balaban J connectivity index is 2.07. The molecule has 0 aliphatic rings. The Morgan fingerprint density at radius 1 is 1.36 bits per heavy atom. The van der Waals surface area contributed by atoms with Gasteiger partial charge in [0, 0.05) is 38.0 Å². The number of pyridine rings is 1. The molecule has 2 aromatic heterocycles. The molecule has 2 aromatic rings. The highest BCUT2D eigenvalue weighted by molar-refractivity contribution is 5.94. The molecule has 0 aliphatic heterocycles. The summed E-state index contributed by atoms with van der Waals surface area (Å²) in [6, 6.07) is 2.02. The number of nitrogens with one attached hydrogen (secondary N) is 2. The SMILES string of the molecule is CNC(=O)c1cncc(/C=C/c2nc(CC(C)NC)no2)c1. The Morgan fingerprint density at radius 2 is 2.18 bits per heavy atom. The van der Waals surface area contributed by atoms with Gasteiger partial charge in [0.2, 0.25) is 0 Å². The lowest BCUT2D eigenvalue weighted by Gasteiger charge is -2.04. The number of nitrogens with zero attached hydrogens (tertiary/aromatic N) is 3. The van der Waals surface area contributed by atoms with Crippen LogP contribution in [-0.2, 0) is 6.42 Å². The highest BCUT2D eigenvalue weighted by Gasteiger charge is 2.08. The van der Waals surface area contributed by atoms with Crippen LogP contribution in [0.4, 0.5) is 0 Å². The second-order valence-corrected chi connectivity index (χ2v) is 4.86. The van der Waals surface area contributed by atoms with E-state index < -0.39 is 0 Å². The van der Waals surface area contributed by atoms with Crippen molar-refractivity contribution >= 4 is 18.1 Å². The summed E-state index contributed by atoms with van der Waals surface area (Å²) in [5, 5.41) is 9.59. The van der Waals surface area contributed by atoms with E-state index in [2.05, 4.69) is 25.8 Å². The van der Waals surface area contributed by atoms with E-state index in [0.29, 0.717) is 23.7 Å². The fourth-order valence-electron chi connectivity index (χ4n) is 1.78. The van der Waals surface area contributed by atoms with Crippen molar-refractivity contribution in [3.63, 3.8) is 0 Å². The van der Waals surface area contributed by atoms with Gasteiger partial charge in [-0.3, -0.25) is 9.78 Å². The van der Waals surface area contributed by atoms with Crippen molar-refractivity contribution in [1.82, 2.24) is 25.8 Å². The van der Waals surface area contributed by atoms with Gasteiger partial charge in [-0.2, -0.15) is 4.98 Å². The first-order valence-electron chi connectivity index (χ1n) is 6.97. The number of rotatable bonds is 6. The molecule has 22 heavy (non-hydrogen) atoms.